The highest BCUT2D eigenvalue weighted by atomic mass is 28.1. The van der Waals surface area contributed by atoms with Crippen LogP contribution in [0.15, 0.2) is 54.6 Å². The zero-order chi connectivity index (χ0) is 10.5. The molecular weight excluding hydrogens is 196 g/mol. The Hall–Kier alpha value is -1.60. The Labute approximate surface area is 93.7 Å². The third-order valence-corrected chi connectivity index (χ3v) is 3.01. The van der Waals surface area contributed by atoms with Crippen LogP contribution >= 0.6 is 0 Å². The smallest absolute Gasteiger partial charge is 0.0384 e. The molecule has 0 atom stereocenters. The first-order valence-corrected chi connectivity index (χ1v) is 6.14. The number of rotatable bonds is 2. The van der Waals surface area contributed by atoms with Crippen LogP contribution < -0.4 is 5.19 Å². The minimum atomic E-state index is 1.13. The summed E-state index contributed by atoms with van der Waals surface area (Å²) < 4.78 is 0. The molecule has 1 heteroatoms. The van der Waals surface area contributed by atoms with E-state index >= 15 is 0 Å². The highest BCUT2D eigenvalue weighted by Crippen LogP contribution is 2.06. The lowest BCUT2D eigenvalue weighted by Crippen LogP contribution is -1.98. The van der Waals surface area contributed by atoms with Gasteiger partial charge in [-0.3, -0.25) is 0 Å². The SMILES string of the molecule is [SiH3]c1ccc(C=Cc2ccccc2)cc1. The molecule has 2 aromatic carbocycles. The van der Waals surface area contributed by atoms with Gasteiger partial charge in [0, 0.05) is 10.2 Å². The minimum Gasteiger partial charge on any atom is -0.0707 e. The van der Waals surface area contributed by atoms with E-state index in [1.165, 1.54) is 16.3 Å². The second kappa shape index (κ2) is 4.76. The van der Waals surface area contributed by atoms with Gasteiger partial charge in [0.2, 0.25) is 0 Å². The molecular formula is C14H14Si. The number of benzene rings is 2. The summed E-state index contributed by atoms with van der Waals surface area (Å²) in [6, 6.07) is 19.1. The first-order valence-electron chi connectivity index (χ1n) is 5.14. The van der Waals surface area contributed by atoms with E-state index in [1.807, 2.05) is 6.07 Å². The standard InChI is InChI=1S/C14H14Si/c15-14-10-8-13(9-11-14)7-6-12-4-2-1-3-5-12/h1-11H,15H3. The second-order valence-corrected chi connectivity index (χ2v) is 4.81. The van der Waals surface area contributed by atoms with Gasteiger partial charge in [0.1, 0.15) is 0 Å². The Morgan fingerprint density at radius 2 is 1.20 bits per heavy atom. The van der Waals surface area contributed by atoms with Gasteiger partial charge in [-0.25, -0.2) is 0 Å². The quantitative estimate of drug-likeness (QED) is 0.524. The first kappa shape index (κ1) is 9.93. The fraction of sp³-hybridized carbons (Fsp3) is 0. The van der Waals surface area contributed by atoms with Gasteiger partial charge in [-0.1, -0.05) is 71.9 Å². The van der Waals surface area contributed by atoms with E-state index in [1.54, 1.807) is 0 Å². The van der Waals surface area contributed by atoms with E-state index in [0.29, 0.717) is 0 Å². The molecule has 0 unspecified atom stereocenters. The lowest BCUT2D eigenvalue weighted by atomic mass is 10.1. The van der Waals surface area contributed by atoms with Gasteiger partial charge in [-0.2, -0.15) is 0 Å². The van der Waals surface area contributed by atoms with Crippen LogP contribution in [0, 0.1) is 0 Å². The summed E-state index contributed by atoms with van der Waals surface area (Å²) in [7, 11) is 1.13. The maximum Gasteiger partial charge on any atom is 0.0384 e. The van der Waals surface area contributed by atoms with Crippen LogP contribution in [0.2, 0.25) is 0 Å². The van der Waals surface area contributed by atoms with Crippen LogP contribution in [-0.4, -0.2) is 10.2 Å². The van der Waals surface area contributed by atoms with Crippen molar-refractivity contribution in [3.63, 3.8) is 0 Å². The van der Waals surface area contributed by atoms with E-state index in [2.05, 4.69) is 60.7 Å². The average molecular weight is 210 g/mol. The average Bonchev–Trinajstić information content (AvgIpc) is 2.30. The van der Waals surface area contributed by atoms with Crippen LogP contribution in [-0.2, 0) is 0 Å². The van der Waals surface area contributed by atoms with Crippen LogP contribution in [0.4, 0.5) is 0 Å². The van der Waals surface area contributed by atoms with E-state index in [4.69, 9.17) is 0 Å². The highest BCUT2D eigenvalue weighted by Gasteiger charge is 1.87. The molecule has 0 aliphatic rings. The molecule has 0 radical (unpaired) electrons. The Morgan fingerprint density at radius 3 is 1.80 bits per heavy atom. The van der Waals surface area contributed by atoms with Crippen LogP contribution in [0.5, 0.6) is 0 Å². The molecule has 0 bridgehead atoms. The van der Waals surface area contributed by atoms with Gasteiger partial charge in [0.15, 0.2) is 0 Å². The summed E-state index contributed by atoms with van der Waals surface area (Å²) in [5.41, 5.74) is 2.51. The van der Waals surface area contributed by atoms with E-state index in [-0.39, 0.29) is 0 Å². The van der Waals surface area contributed by atoms with E-state index in [9.17, 15) is 0 Å². The molecule has 0 fully saturated rings. The summed E-state index contributed by atoms with van der Waals surface area (Å²) in [6.07, 6.45) is 4.29. The molecule has 2 aromatic rings. The van der Waals surface area contributed by atoms with Gasteiger partial charge in [-0.15, -0.1) is 0 Å². The zero-order valence-electron chi connectivity index (χ0n) is 8.85. The fourth-order valence-corrected chi connectivity index (χ4v) is 1.77. The van der Waals surface area contributed by atoms with Gasteiger partial charge in [0.25, 0.3) is 0 Å². The van der Waals surface area contributed by atoms with Crippen molar-refractivity contribution in [2.45, 2.75) is 0 Å². The van der Waals surface area contributed by atoms with Gasteiger partial charge in [-0.05, 0) is 11.1 Å². The largest absolute Gasteiger partial charge is 0.0707 e. The molecule has 0 saturated heterocycles. The molecule has 0 spiro atoms. The molecule has 15 heavy (non-hydrogen) atoms. The monoisotopic (exact) mass is 210 g/mol. The highest BCUT2D eigenvalue weighted by molar-refractivity contribution is 6.32. The Kier molecular flexibility index (Phi) is 3.15. The Morgan fingerprint density at radius 1 is 0.667 bits per heavy atom. The van der Waals surface area contributed by atoms with Crippen molar-refractivity contribution < 1.29 is 0 Å². The van der Waals surface area contributed by atoms with Crippen molar-refractivity contribution >= 4 is 27.6 Å². The maximum absolute atomic E-state index is 2.19. The molecule has 0 saturated carbocycles. The van der Waals surface area contributed by atoms with Crippen molar-refractivity contribution in [3.8, 4) is 0 Å². The molecule has 0 aliphatic heterocycles. The van der Waals surface area contributed by atoms with E-state index in [0.717, 1.165) is 10.2 Å². The fourth-order valence-electron chi connectivity index (χ4n) is 1.43. The topological polar surface area (TPSA) is 0 Å². The summed E-state index contributed by atoms with van der Waals surface area (Å²) in [5.74, 6) is 0. The third kappa shape index (κ3) is 2.93. The van der Waals surface area contributed by atoms with Crippen LogP contribution in [0.3, 0.4) is 0 Å². The Bertz CT molecular complexity index is 441. The van der Waals surface area contributed by atoms with Gasteiger partial charge < -0.3 is 0 Å². The van der Waals surface area contributed by atoms with Gasteiger partial charge in [0.05, 0.1) is 0 Å². The first-order chi connectivity index (χ1) is 7.34. The molecule has 0 aromatic heterocycles. The molecule has 2 rings (SSSR count). The lowest BCUT2D eigenvalue weighted by molar-refractivity contribution is 1.66. The van der Waals surface area contributed by atoms with Crippen molar-refractivity contribution in [2.75, 3.05) is 0 Å². The zero-order valence-corrected chi connectivity index (χ0v) is 10.9. The van der Waals surface area contributed by atoms with Crippen LogP contribution in [0.1, 0.15) is 11.1 Å². The van der Waals surface area contributed by atoms with Gasteiger partial charge >= 0.3 is 0 Å². The normalized spacial score (nSPS) is 10.9. The second-order valence-electron chi connectivity index (χ2n) is 3.65. The summed E-state index contributed by atoms with van der Waals surface area (Å²) in [6.45, 7) is 0. The van der Waals surface area contributed by atoms with E-state index < -0.39 is 0 Å². The predicted molar refractivity (Wildman–Crippen MR) is 71.4 cm³/mol. The molecule has 74 valence electrons. The molecule has 0 nitrogen and oxygen atoms in total. The van der Waals surface area contributed by atoms with Crippen molar-refractivity contribution in [3.05, 3.63) is 65.7 Å². The maximum atomic E-state index is 2.19. The summed E-state index contributed by atoms with van der Waals surface area (Å²) in [4.78, 5) is 0. The summed E-state index contributed by atoms with van der Waals surface area (Å²) in [5, 5.41) is 1.44. The lowest BCUT2D eigenvalue weighted by Gasteiger charge is -1.95. The van der Waals surface area contributed by atoms with Crippen molar-refractivity contribution in [1.29, 1.82) is 0 Å². The number of hydrogen-bond donors (Lipinski definition) is 0. The van der Waals surface area contributed by atoms with Crippen molar-refractivity contribution in [2.24, 2.45) is 0 Å². The minimum absolute atomic E-state index is 1.13. The molecule has 0 aliphatic carbocycles. The van der Waals surface area contributed by atoms with Crippen molar-refractivity contribution in [1.82, 2.24) is 0 Å². The predicted octanol–water partition coefficient (Wildman–Crippen LogP) is 1.85. The molecule has 0 N–H and O–H groups in total. The Balaban J connectivity index is 2.15. The molecule has 0 amide bonds. The third-order valence-electron chi connectivity index (χ3n) is 2.35. The molecule has 0 heterocycles. The number of hydrogen-bond acceptors (Lipinski definition) is 0. The summed E-state index contributed by atoms with van der Waals surface area (Å²) >= 11 is 0. The van der Waals surface area contributed by atoms with Crippen LogP contribution in [0.25, 0.3) is 12.2 Å².